The Labute approximate surface area is 133 Å². The van der Waals surface area contributed by atoms with Crippen LogP contribution in [-0.4, -0.2) is 13.3 Å². The van der Waals surface area contributed by atoms with Crippen molar-refractivity contribution in [1.82, 2.24) is 0 Å². The first kappa shape index (κ1) is 20.1. The molecule has 0 amide bonds. The fraction of sp³-hybridized carbons (Fsp3) is 0.750. The minimum atomic E-state index is 0.693. The second-order valence-electron chi connectivity index (χ2n) is 5.98. The van der Waals surface area contributed by atoms with Gasteiger partial charge < -0.3 is 0 Å². The van der Waals surface area contributed by atoms with Crippen molar-refractivity contribution in [2.24, 2.45) is 10.9 Å². The van der Waals surface area contributed by atoms with Crippen molar-refractivity contribution in [3.63, 3.8) is 0 Å². The van der Waals surface area contributed by atoms with Crippen molar-refractivity contribution in [2.45, 2.75) is 85.0 Å². The predicted molar refractivity (Wildman–Crippen MR) is 98.3 cm³/mol. The van der Waals surface area contributed by atoms with Gasteiger partial charge in [0, 0.05) is 13.3 Å². The topological polar surface area (TPSA) is 12.4 Å². The molecule has 0 unspecified atom stereocenters. The van der Waals surface area contributed by atoms with Crippen LogP contribution >= 0.6 is 0 Å². The van der Waals surface area contributed by atoms with Crippen molar-refractivity contribution in [2.75, 3.05) is 7.05 Å². The summed E-state index contributed by atoms with van der Waals surface area (Å²) in [5, 5.41) is 0. The van der Waals surface area contributed by atoms with E-state index in [0.29, 0.717) is 5.92 Å². The zero-order chi connectivity index (χ0) is 15.8. The zero-order valence-electron chi connectivity index (χ0n) is 14.9. The van der Waals surface area contributed by atoms with Gasteiger partial charge in [-0.1, -0.05) is 83.4 Å². The molecule has 1 heteroatoms. The quantitative estimate of drug-likeness (QED) is 0.202. The lowest BCUT2D eigenvalue weighted by Crippen LogP contribution is -2.06. The molecule has 0 aliphatic rings. The Balaban J connectivity index is 4.55. The first-order valence-electron chi connectivity index (χ1n) is 9.05. The summed E-state index contributed by atoms with van der Waals surface area (Å²) in [6, 6.07) is 0. The third kappa shape index (κ3) is 11.5. The minimum absolute atomic E-state index is 0.693. The van der Waals surface area contributed by atoms with Crippen LogP contribution in [0, 0.1) is 5.92 Å². The zero-order valence-corrected chi connectivity index (χ0v) is 14.9. The molecule has 0 heterocycles. The number of unbranched alkanes of at least 4 members (excludes halogenated alkanes) is 6. The van der Waals surface area contributed by atoms with Gasteiger partial charge >= 0.3 is 0 Å². The molecular formula is C20H37N. The lowest BCUT2D eigenvalue weighted by molar-refractivity contribution is 0.465. The summed E-state index contributed by atoms with van der Waals surface area (Å²) >= 11 is 0. The Kier molecular flexibility index (Phi) is 14.9. The highest BCUT2D eigenvalue weighted by Gasteiger charge is 2.12. The summed E-state index contributed by atoms with van der Waals surface area (Å²) in [6.45, 7) is 6.64. The lowest BCUT2D eigenvalue weighted by Gasteiger charge is -2.18. The molecule has 0 radical (unpaired) electrons. The standard InChI is InChI=1S/C20H37N/c1-5-8-11-13-16-19(17-14-12-9-6-2)20(18-21-4)15-10-7-3/h7,10,15,18-19H,5-6,8-9,11-14,16-17H2,1-4H3/b10-7-,20-15+,21-18?. The van der Waals surface area contributed by atoms with Crippen LogP contribution in [0.2, 0.25) is 0 Å². The van der Waals surface area contributed by atoms with Gasteiger partial charge in [-0.2, -0.15) is 0 Å². The van der Waals surface area contributed by atoms with Crippen LogP contribution < -0.4 is 0 Å². The van der Waals surface area contributed by atoms with E-state index in [1.165, 1.54) is 69.8 Å². The van der Waals surface area contributed by atoms with E-state index in [4.69, 9.17) is 0 Å². The average Bonchev–Trinajstić information content (AvgIpc) is 2.50. The monoisotopic (exact) mass is 291 g/mol. The predicted octanol–water partition coefficient (Wildman–Crippen LogP) is 6.75. The van der Waals surface area contributed by atoms with E-state index in [9.17, 15) is 0 Å². The summed E-state index contributed by atoms with van der Waals surface area (Å²) in [5.74, 6) is 0.693. The molecule has 1 nitrogen and oxygen atoms in total. The van der Waals surface area contributed by atoms with Crippen molar-refractivity contribution in [3.05, 3.63) is 23.8 Å². The van der Waals surface area contributed by atoms with Crippen molar-refractivity contribution < 1.29 is 0 Å². The number of allylic oxidation sites excluding steroid dienone is 4. The van der Waals surface area contributed by atoms with E-state index >= 15 is 0 Å². The Morgan fingerprint density at radius 3 is 1.90 bits per heavy atom. The Morgan fingerprint density at radius 2 is 1.48 bits per heavy atom. The molecule has 0 aliphatic carbocycles. The third-order valence-corrected chi connectivity index (χ3v) is 4.04. The van der Waals surface area contributed by atoms with Crippen LogP contribution in [0.1, 0.15) is 85.0 Å². The number of hydrogen-bond acceptors (Lipinski definition) is 1. The molecule has 21 heavy (non-hydrogen) atoms. The van der Waals surface area contributed by atoms with E-state index in [0.717, 1.165) is 0 Å². The normalized spacial score (nSPS) is 13.1. The number of rotatable bonds is 13. The maximum Gasteiger partial charge on any atom is 0.0277 e. The molecule has 0 N–H and O–H groups in total. The van der Waals surface area contributed by atoms with Crippen LogP contribution in [0.15, 0.2) is 28.8 Å². The van der Waals surface area contributed by atoms with Gasteiger partial charge in [0.25, 0.3) is 0 Å². The fourth-order valence-corrected chi connectivity index (χ4v) is 2.75. The SMILES string of the molecule is C/C=C\C=C(/C=NC)C(CCCCCC)CCCCCC. The van der Waals surface area contributed by atoms with E-state index in [2.05, 4.69) is 50.2 Å². The molecule has 0 atom stereocenters. The highest BCUT2D eigenvalue weighted by molar-refractivity contribution is 5.79. The van der Waals surface area contributed by atoms with Gasteiger partial charge in [0.15, 0.2) is 0 Å². The summed E-state index contributed by atoms with van der Waals surface area (Å²) in [4.78, 5) is 4.27. The second kappa shape index (κ2) is 15.5. The molecule has 0 rings (SSSR count). The Bertz CT molecular complexity index is 287. The molecule has 0 bridgehead atoms. The smallest absolute Gasteiger partial charge is 0.0277 e. The Hall–Kier alpha value is -0.850. The Morgan fingerprint density at radius 1 is 0.905 bits per heavy atom. The van der Waals surface area contributed by atoms with Gasteiger partial charge in [-0.25, -0.2) is 0 Å². The van der Waals surface area contributed by atoms with E-state index in [1.54, 1.807) is 0 Å². The molecule has 122 valence electrons. The van der Waals surface area contributed by atoms with Crippen LogP contribution in [0.5, 0.6) is 0 Å². The van der Waals surface area contributed by atoms with E-state index < -0.39 is 0 Å². The van der Waals surface area contributed by atoms with E-state index in [-0.39, 0.29) is 0 Å². The number of nitrogens with zero attached hydrogens (tertiary/aromatic N) is 1. The third-order valence-electron chi connectivity index (χ3n) is 4.04. The maximum atomic E-state index is 4.27. The summed E-state index contributed by atoms with van der Waals surface area (Å²) in [6.07, 6.45) is 22.1. The van der Waals surface area contributed by atoms with Crippen molar-refractivity contribution in [3.8, 4) is 0 Å². The second-order valence-corrected chi connectivity index (χ2v) is 5.98. The summed E-state index contributed by atoms with van der Waals surface area (Å²) in [7, 11) is 1.88. The van der Waals surface area contributed by atoms with Crippen LogP contribution in [0.3, 0.4) is 0 Å². The lowest BCUT2D eigenvalue weighted by atomic mass is 9.88. The first-order valence-corrected chi connectivity index (χ1v) is 9.05. The van der Waals surface area contributed by atoms with Gasteiger partial charge in [-0.3, -0.25) is 4.99 Å². The maximum absolute atomic E-state index is 4.27. The van der Waals surface area contributed by atoms with Gasteiger partial charge in [-0.05, 0) is 31.3 Å². The van der Waals surface area contributed by atoms with Crippen LogP contribution in [0.25, 0.3) is 0 Å². The van der Waals surface area contributed by atoms with E-state index in [1.807, 2.05) is 7.05 Å². The molecule has 0 spiro atoms. The largest absolute Gasteiger partial charge is 0.296 e. The highest BCUT2D eigenvalue weighted by atomic mass is 14.6. The average molecular weight is 292 g/mol. The molecule has 0 aromatic carbocycles. The molecule has 0 saturated carbocycles. The van der Waals surface area contributed by atoms with Gasteiger partial charge in [0.2, 0.25) is 0 Å². The van der Waals surface area contributed by atoms with Crippen LogP contribution in [-0.2, 0) is 0 Å². The molecule has 0 aromatic heterocycles. The number of hydrogen-bond donors (Lipinski definition) is 0. The van der Waals surface area contributed by atoms with Crippen LogP contribution in [0.4, 0.5) is 0 Å². The molecule has 0 aromatic rings. The van der Waals surface area contributed by atoms with Crippen molar-refractivity contribution in [1.29, 1.82) is 0 Å². The summed E-state index contributed by atoms with van der Waals surface area (Å²) < 4.78 is 0. The van der Waals surface area contributed by atoms with Gasteiger partial charge in [0.05, 0.1) is 0 Å². The minimum Gasteiger partial charge on any atom is -0.296 e. The van der Waals surface area contributed by atoms with Gasteiger partial charge in [-0.15, -0.1) is 0 Å². The number of aliphatic imine (C=N–C) groups is 1. The first-order chi connectivity index (χ1) is 10.3. The highest BCUT2D eigenvalue weighted by Crippen LogP contribution is 2.24. The summed E-state index contributed by atoms with van der Waals surface area (Å²) in [5.41, 5.74) is 1.42. The molecular weight excluding hydrogens is 254 g/mol. The fourth-order valence-electron chi connectivity index (χ4n) is 2.75. The molecule has 0 saturated heterocycles. The molecule has 0 aliphatic heterocycles. The molecule has 0 fully saturated rings. The van der Waals surface area contributed by atoms with Crippen molar-refractivity contribution >= 4 is 6.21 Å². The van der Waals surface area contributed by atoms with Gasteiger partial charge in [0.1, 0.15) is 0 Å².